The summed E-state index contributed by atoms with van der Waals surface area (Å²) in [6.07, 6.45) is 0. The molecule has 2 rings (SSSR count). The first-order valence-electron chi connectivity index (χ1n) is 7.54. The molecule has 0 aromatic heterocycles. The molecule has 4 nitrogen and oxygen atoms in total. The van der Waals surface area contributed by atoms with Crippen molar-refractivity contribution in [1.82, 2.24) is 0 Å². The van der Waals surface area contributed by atoms with E-state index in [4.69, 9.17) is 11.6 Å². The van der Waals surface area contributed by atoms with Crippen LogP contribution in [0.15, 0.2) is 35.2 Å². The van der Waals surface area contributed by atoms with Crippen LogP contribution in [-0.2, 0) is 9.53 Å². The second-order valence-corrected chi connectivity index (χ2v) is 6.76. The molecule has 0 heterocycles. The fourth-order valence-electron chi connectivity index (χ4n) is 1.95. The zero-order valence-corrected chi connectivity index (χ0v) is 15.6. The van der Waals surface area contributed by atoms with E-state index in [-0.39, 0.29) is 39.5 Å². The molecule has 0 saturated carbocycles. The van der Waals surface area contributed by atoms with Gasteiger partial charge in [0.25, 0.3) is 5.91 Å². The smallest absolute Gasteiger partial charge is 0.393 e. The summed E-state index contributed by atoms with van der Waals surface area (Å²) in [5.41, 5.74) is -0.584. The van der Waals surface area contributed by atoms with E-state index in [1.165, 1.54) is 13.0 Å². The lowest BCUT2D eigenvalue weighted by Gasteiger charge is -2.15. The fraction of sp³-hybridized carbons (Fsp3) is 0.176. The maximum Gasteiger partial charge on any atom is 0.393 e. The summed E-state index contributed by atoms with van der Waals surface area (Å²) < 4.78 is 71.4. The number of amides is 1. The third-order valence-electron chi connectivity index (χ3n) is 3.19. The molecule has 28 heavy (non-hydrogen) atoms. The van der Waals surface area contributed by atoms with Gasteiger partial charge in [-0.05, 0) is 36.9 Å². The highest BCUT2D eigenvalue weighted by Crippen LogP contribution is 2.40. The van der Waals surface area contributed by atoms with Crippen LogP contribution in [0, 0.1) is 17.5 Å². The number of hydrogen-bond acceptors (Lipinski definition) is 4. The Balaban J connectivity index is 2.24. The number of nitrogens with one attached hydrogen (secondary N) is 1. The molecule has 0 saturated heterocycles. The minimum atomic E-state index is -3.96. The summed E-state index contributed by atoms with van der Waals surface area (Å²) in [5.74, 6) is -7.44. The van der Waals surface area contributed by atoms with Crippen molar-refractivity contribution < 1.29 is 36.3 Å². The highest BCUT2D eigenvalue weighted by molar-refractivity contribution is 8.01. The van der Waals surface area contributed by atoms with E-state index in [0.29, 0.717) is 12.1 Å². The molecule has 2 aromatic carbocycles. The van der Waals surface area contributed by atoms with Gasteiger partial charge in [0.05, 0.1) is 11.6 Å². The molecule has 2 aromatic rings. The Labute approximate surface area is 165 Å². The van der Waals surface area contributed by atoms with Crippen LogP contribution in [0.4, 0.5) is 27.6 Å². The topological polar surface area (TPSA) is 55.4 Å². The van der Waals surface area contributed by atoms with Gasteiger partial charge in [0, 0.05) is 28.3 Å². The third-order valence-corrected chi connectivity index (χ3v) is 4.61. The molecule has 1 N–H and O–H groups in total. The molecule has 0 aliphatic rings. The van der Waals surface area contributed by atoms with Crippen molar-refractivity contribution in [2.24, 2.45) is 0 Å². The Morgan fingerprint density at radius 2 is 1.75 bits per heavy atom. The van der Waals surface area contributed by atoms with Gasteiger partial charge in [0.1, 0.15) is 0 Å². The number of alkyl halides is 2. The third kappa shape index (κ3) is 5.14. The van der Waals surface area contributed by atoms with E-state index in [2.05, 4.69) is 10.1 Å². The Kier molecular flexibility index (Phi) is 6.89. The number of hydrogen-bond donors (Lipinski definition) is 1. The first-order valence-corrected chi connectivity index (χ1v) is 8.74. The van der Waals surface area contributed by atoms with E-state index < -0.39 is 34.6 Å². The summed E-state index contributed by atoms with van der Waals surface area (Å²) in [6, 6.07) is 4.37. The summed E-state index contributed by atoms with van der Waals surface area (Å²) in [5, 5.41) is -2.02. The minimum absolute atomic E-state index is 0.163. The lowest BCUT2D eigenvalue weighted by Crippen LogP contribution is -2.27. The van der Waals surface area contributed by atoms with Gasteiger partial charge in [0.15, 0.2) is 17.5 Å². The molecule has 150 valence electrons. The summed E-state index contributed by atoms with van der Waals surface area (Å²) >= 11 is 5.60. The summed E-state index contributed by atoms with van der Waals surface area (Å²) in [6.45, 7) is 1.10. The van der Waals surface area contributed by atoms with Gasteiger partial charge in [-0.15, -0.1) is 0 Å². The van der Waals surface area contributed by atoms with E-state index in [0.717, 1.165) is 12.1 Å². The van der Waals surface area contributed by atoms with Gasteiger partial charge in [0.2, 0.25) is 0 Å². The highest BCUT2D eigenvalue weighted by atomic mass is 35.5. The second-order valence-electron chi connectivity index (χ2n) is 5.19. The lowest BCUT2D eigenvalue weighted by atomic mass is 10.2. The molecule has 0 aliphatic heterocycles. The molecular weight excluding hydrogens is 429 g/mol. The second kappa shape index (κ2) is 8.78. The van der Waals surface area contributed by atoms with Crippen molar-refractivity contribution in [3.8, 4) is 0 Å². The van der Waals surface area contributed by atoms with E-state index >= 15 is 0 Å². The monoisotopic (exact) mass is 439 g/mol. The zero-order valence-electron chi connectivity index (χ0n) is 14.0. The van der Waals surface area contributed by atoms with Crippen molar-refractivity contribution in [3.63, 3.8) is 0 Å². The predicted octanol–water partition coefficient (Wildman–Crippen LogP) is 5.26. The summed E-state index contributed by atoms with van der Waals surface area (Å²) in [7, 11) is 0. The van der Waals surface area contributed by atoms with Gasteiger partial charge < -0.3 is 10.1 Å². The average molecular weight is 440 g/mol. The van der Waals surface area contributed by atoms with Crippen LogP contribution in [-0.4, -0.2) is 23.7 Å². The van der Waals surface area contributed by atoms with Crippen LogP contribution in [0.1, 0.15) is 17.3 Å². The SMILES string of the molecule is CCOC(=O)C(F)(F)Sc1cc(C(=O)Nc2cc(F)c(F)c(F)c2)ccc1Cl. The fourth-order valence-corrected chi connectivity index (χ4v) is 2.95. The molecule has 0 atom stereocenters. The predicted molar refractivity (Wildman–Crippen MR) is 93.2 cm³/mol. The summed E-state index contributed by atoms with van der Waals surface area (Å²) in [4.78, 5) is 23.2. The number of esters is 1. The average Bonchev–Trinajstić information content (AvgIpc) is 2.61. The van der Waals surface area contributed by atoms with Gasteiger partial charge in [-0.3, -0.25) is 4.79 Å². The number of thioether (sulfide) groups is 1. The molecule has 0 unspecified atom stereocenters. The maximum absolute atomic E-state index is 13.9. The van der Waals surface area contributed by atoms with Crippen molar-refractivity contribution in [3.05, 3.63) is 58.4 Å². The van der Waals surface area contributed by atoms with Crippen LogP contribution in [0.3, 0.4) is 0 Å². The number of carbonyl (C=O) groups is 2. The first kappa shape index (κ1) is 22.0. The normalized spacial score (nSPS) is 11.2. The van der Waals surface area contributed by atoms with Crippen LogP contribution in [0.25, 0.3) is 0 Å². The Morgan fingerprint density at radius 3 is 2.32 bits per heavy atom. The first-order chi connectivity index (χ1) is 13.0. The van der Waals surface area contributed by atoms with Crippen molar-refractivity contribution >= 4 is 40.9 Å². The molecule has 11 heteroatoms. The van der Waals surface area contributed by atoms with Crippen molar-refractivity contribution in [2.45, 2.75) is 17.1 Å². The molecule has 0 aliphatic carbocycles. The van der Waals surface area contributed by atoms with Gasteiger partial charge >= 0.3 is 11.2 Å². The van der Waals surface area contributed by atoms with Crippen molar-refractivity contribution in [1.29, 1.82) is 0 Å². The maximum atomic E-state index is 13.9. The van der Waals surface area contributed by atoms with Gasteiger partial charge in [-0.25, -0.2) is 18.0 Å². The van der Waals surface area contributed by atoms with E-state index in [1.807, 2.05) is 0 Å². The van der Waals surface area contributed by atoms with Gasteiger partial charge in [-0.1, -0.05) is 11.6 Å². The number of ether oxygens (including phenoxy) is 1. The minimum Gasteiger partial charge on any atom is -0.461 e. The zero-order chi connectivity index (χ0) is 21.1. The van der Waals surface area contributed by atoms with Crippen LogP contribution in [0.5, 0.6) is 0 Å². The van der Waals surface area contributed by atoms with Crippen LogP contribution >= 0.6 is 23.4 Å². The molecule has 0 spiro atoms. The Bertz CT molecular complexity index is 903. The number of anilines is 1. The molecule has 0 radical (unpaired) electrons. The van der Waals surface area contributed by atoms with E-state index in [9.17, 15) is 31.5 Å². The lowest BCUT2D eigenvalue weighted by molar-refractivity contribution is -0.159. The van der Waals surface area contributed by atoms with Crippen molar-refractivity contribution in [2.75, 3.05) is 11.9 Å². The van der Waals surface area contributed by atoms with Gasteiger partial charge in [-0.2, -0.15) is 8.78 Å². The molecule has 1 amide bonds. The van der Waals surface area contributed by atoms with Crippen LogP contribution < -0.4 is 5.32 Å². The molecular formula is C17H11ClF5NO3S. The van der Waals surface area contributed by atoms with E-state index in [1.54, 1.807) is 0 Å². The van der Waals surface area contributed by atoms with Crippen LogP contribution in [0.2, 0.25) is 5.02 Å². The number of benzene rings is 2. The number of carbonyl (C=O) groups excluding carboxylic acids is 2. The quantitative estimate of drug-likeness (QED) is 0.289. The molecule has 0 bridgehead atoms. The Morgan fingerprint density at radius 1 is 1.14 bits per heavy atom. The number of rotatable bonds is 6. The Hall–Kier alpha value is -2.33. The largest absolute Gasteiger partial charge is 0.461 e. The highest BCUT2D eigenvalue weighted by Gasteiger charge is 2.42. The molecule has 0 fully saturated rings. The standard InChI is InChI=1S/C17H11ClF5NO3S/c1-2-27-16(26)17(22,23)28-13-5-8(3-4-10(13)18)15(25)24-9-6-11(19)14(21)12(20)7-9/h3-7H,2H2,1H3,(H,24,25). The number of halogens is 6.